The summed E-state index contributed by atoms with van der Waals surface area (Å²) in [7, 11) is 4.03. The van der Waals surface area contributed by atoms with E-state index in [0.29, 0.717) is 0 Å². The third-order valence-corrected chi connectivity index (χ3v) is 5.20. The summed E-state index contributed by atoms with van der Waals surface area (Å²) in [6, 6.07) is 13.1. The lowest BCUT2D eigenvalue weighted by Gasteiger charge is -2.09. The number of hydrogen-bond donors (Lipinski definition) is 0. The van der Waals surface area contributed by atoms with Crippen LogP contribution in [0.2, 0.25) is 0 Å². The molecule has 0 atom stereocenters. The predicted molar refractivity (Wildman–Crippen MR) is 103 cm³/mol. The van der Waals surface area contributed by atoms with E-state index in [4.69, 9.17) is 12.2 Å². The Hall–Kier alpha value is -2.46. The van der Waals surface area contributed by atoms with Crippen LogP contribution >= 0.6 is 12.2 Å². The lowest BCUT2D eigenvalue weighted by Crippen LogP contribution is -1.90. The van der Waals surface area contributed by atoms with Crippen molar-refractivity contribution < 1.29 is 0 Å². The molecule has 120 valence electrons. The third kappa shape index (κ3) is 2.18. The highest BCUT2D eigenvalue weighted by atomic mass is 32.1. The second kappa shape index (κ2) is 5.28. The van der Waals surface area contributed by atoms with Gasteiger partial charge in [0.1, 0.15) is 0 Å². The van der Waals surface area contributed by atoms with Crippen molar-refractivity contribution in [3.8, 4) is 11.3 Å². The van der Waals surface area contributed by atoms with Crippen molar-refractivity contribution in [1.82, 2.24) is 14.1 Å². The highest BCUT2D eigenvalue weighted by Crippen LogP contribution is 2.31. The molecule has 24 heavy (non-hydrogen) atoms. The van der Waals surface area contributed by atoms with E-state index in [2.05, 4.69) is 64.4 Å². The van der Waals surface area contributed by atoms with Gasteiger partial charge in [-0.25, -0.2) is 0 Å². The first kappa shape index (κ1) is 15.1. The van der Waals surface area contributed by atoms with Crippen LogP contribution in [0.15, 0.2) is 42.6 Å². The van der Waals surface area contributed by atoms with Crippen LogP contribution in [0.3, 0.4) is 0 Å². The summed E-state index contributed by atoms with van der Waals surface area (Å²) < 4.78 is 4.94. The third-order valence-electron chi connectivity index (χ3n) is 4.65. The molecule has 0 saturated heterocycles. The van der Waals surface area contributed by atoms with Gasteiger partial charge in [-0.1, -0.05) is 17.2 Å². The molecule has 0 unspecified atom stereocenters. The summed E-state index contributed by atoms with van der Waals surface area (Å²) in [5.74, 6) is 0. The molecule has 0 fully saturated rings. The Morgan fingerprint density at radius 3 is 2.17 bits per heavy atom. The van der Waals surface area contributed by atoms with Gasteiger partial charge in [0.05, 0.1) is 16.7 Å². The number of hydrogen-bond acceptors (Lipinski definition) is 2. The van der Waals surface area contributed by atoms with Crippen molar-refractivity contribution in [2.75, 3.05) is 0 Å². The Kier molecular flexibility index (Phi) is 3.32. The second-order valence-electron chi connectivity index (χ2n) is 6.50. The van der Waals surface area contributed by atoms with E-state index in [-0.39, 0.29) is 0 Å². The SMILES string of the molecule is Cc1cc(C)cc(-c2nccc3cc4c(cc23)n(C)c(=S)n4C)c1. The van der Waals surface area contributed by atoms with Crippen LogP contribution in [-0.4, -0.2) is 14.1 Å². The van der Waals surface area contributed by atoms with E-state index in [0.717, 1.165) is 32.4 Å². The number of benzene rings is 2. The molecule has 4 heteroatoms. The van der Waals surface area contributed by atoms with Crippen molar-refractivity contribution in [3.05, 3.63) is 58.5 Å². The molecule has 0 radical (unpaired) electrons. The highest BCUT2D eigenvalue weighted by molar-refractivity contribution is 7.71. The normalized spacial score (nSPS) is 11.5. The van der Waals surface area contributed by atoms with Gasteiger partial charge in [0, 0.05) is 31.2 Å². The Balaban J connectivity index is 2.12. The minimum Gasteiger partial charge on any atom is -0.320 e. The molecule has 0 N–H and O–H groups in total. The molecule has 0 aliphatic carbocycles. The van der Waals surface area contributed by atoms with Crippen LogP contribution in [0.5, 0.6) is 0 Å². The van der Waals surface area contributed by atoms with Crippen LogP contribution in [0.4, 0.5) is 0 Å². The lowest BCUT2D eigenvalue weighted by atomic mass is 10.00. The Morgan fingerprint density at radius 1 is 0.875 bits per heavy atom. The van der Waals surface area contributed by atoms with Crippen molar-refractivity contribution in [2.24, 2.45) is 14.1 Å². The standard InChI is InChI=1S/C20H19N3S/c1-12-7-13(2)9-15(8-12)19-16-11-18-17(10-14(16)5-6-21-19)22(3)20(24)23(18)4/h5-11H,1-4H3. The first-order chi connectivity index (χ1) is 11.5. The minimum absolute atomic E-state index is 0.821. The molecule has 3 nitrogen and oxygen atoms in total. The maximum atomic E-state index is 5.50. The van der Waals surface area contributed by atoms with Gasteiger partial charge in [0.2, 0.25) is 0 Å². The molecule has 4 aromatic rings. The van der Waals surface area contributed by atoms with Gasteiger partial charge in [-0.3, -0.25) is 4.98 Å². The number of imidazole rings is 1. The smallest absolute Gasteiger partial charge is 0.180 e. The number of nitrogens with zero attached hydrogens (tertiary/aromatic N) is 3. The van der Waals surface area contributed by atoms with E-state index in [9.17, 15) is 0 Å². The lowest BCUT2D eigenvalue weighted by molar-refractivity contribution is 0.834. The van der Waals surface area contributed by atoms with Crippen LogP contribution in [-0.2, 0) is 14.1 Å². The second-order valence-corrected chi connectivity index (χ2v) is 6.86. The van der Waals surface area contributed by atoms with Gasteiger partial charge < -0.3 is 9.13 Å². The molecule has 0 spiro atoms. The summed E-state index contributed by atoms with van der Waals surface area (Å²) in [6.45, 7) is 4.25. The number of aryl methyl sites for hydroxylation is 4. The molecule has 2 aromatic heterocycles. The van der Waals surface area contributed by atoms with Gasteiger partial charge in [-0.15, -0.1) is 0 Å². The van der Waals surface area contributed by atoms with E-state index >= 15 is 0 Å². The summed E-state index contributed by atoms with van der Waals surface area (Å²) in [5.41, 5.74) is 6.97. The molecular formula is C20H19N3S. The predicted octanol–water partition coefficient (Wildman–Crippen LogP) is 5.08. The van der Waals surface area contributed by atoms with E-state index < -0.39 is 0 Å². The summed E-state index contributed by atoms with van der Waals surface area (Å²) in [6.07, 6.45) is 1.89. The Morgan fingerprint density at radius 2 is 1.50 bits per heavy atom. The van der Waals surface area contributed by atoms with Crippen LogP contribution in [0.1, 0.15) is 11.1 Å². The summed E-state index contributed by atoms with van der Waals surface area (Å²) in [4.78, 5) is 4.68. The summed E-state index contributed by atoms with van der Waals surface area (Å²) >= 11 is 5.50. The monoisotopic (exact) mass is 333 g/mol. The maximum Gasteiger partial charge on any atom is 0.180 e. The van der Waals surface area contributed by atoms with Crippen LogP contribution in [0, 0.1) is 18.6 Å². The fraction of sp³-hybridized carbons (Fsp3) is 0.200. The largest absolute Gasteiger partial charge is 0.320 e. The van der Waals surface area contributed by atoms with Gasteiger partial charge in [-0.2, -0.15) is 0 Å². The molecule has 0 saturated carbocycles. The quantitative estimate of drug-likeness (QED) is 0.453. The molecule has 4 rings (SSSR count). The van der Waals surface area contributed by atoms with Crippen LogP contribution < -0.4 is 0 Å². The van der Waals surface area contributed by atoms with Gasteiger partial charge in [0.15, 0.2) is 4.77 Å². The maximum absolute atomic E-state index is 5.50. The van der Waals surface area contributed by atoms with Gasteiger partial charge >= 0.3 is 0 Å². The fourth-order valence-electron chi connectivity index (χ4n) is 3.51. The zero-order valence-corrected chi connectivity index (χ0v) is 15.1. The zero-order valence-electron chi connectivity index (χ0n) is 14.3. The number of fused-ring (bicyclic) bond motifs is 2. The number of rotatable bonds is 1. The van der Waals surface area contributed by atoms with E-state index in [1.165, 1.54) is 16.5 Å². The average Bonchev–Trinajstić information content (AvgIpc) is 2.76. The Bertz CT molecular complexity index is 1140. The fourth-order valence-corrected chi connectivity index (χ4v) is 3.70. The van der Waals surface area contributed by atoms with Crippen molar-refractivity contribution >= 4 is 34.0 Å². The highest BCUT2D eigenvalue weighted by Gasteiger charge is 2.11. The average molecular weight is 333 g/mol. The molecule has 0 aliphatic rings. The van der Waals surface area contributed by atoms with Gasteiger partial charge in [0.25, 0.3) is 0 Å². The molecule has 2 aromatic carbocycles. The van der Waals surface area contributed by atoms with Gasteiger partial charge in [-0.05, 0) is 61.8 Å². The van der Waals surface area contributed by atoms with E-state index in [1.807, 2.05) is 20.3 Å². The molecule has 0 amide bonds. The number of pyridine rings is 1. The van der Waals surface area contributed by atoms with Crippen molar-refractivity contribution in [3.63, 3.8) is 0 Å². The van der Waals surface area contributed by atoms with Crippen molar-refractivity contribution in [1.29, 1.82) is 0 Å². The first-order valence-corrected chi connectivity index (χ1v) is 8.39. The first-order valence-electron chi connectivity index (χ1n) is 7.98. The number of aromatic nitrogens is 3. The Labute approximate surface area is 146 Å². The summed E-state index contributed by atoms with van der Waals surface area (Å²) in [5, 5.41) is 2.34. The molecular weight excluding hydrogens is 314 g/mol. The molecule has 2 heterocycles. The molecule has 0 bridgehead atoms. The molecule has 0 aliphatic heterocycles. The van der Waals surface area contributed by atoms with Crippen LogP contribution in [0.25, 0.3) is 33.1 Å². The van der Waals surface area contributed by atoms with E-state index in [1.54, 1.807) is 0 Å². The zero-order chi connectivity index (χ0) is 17.0. The minimum atomic E-state index is 0.821. The van der Waals surface area contributed by atoms with Crippen molar-refractivity contribution in [2.45, 2.75) is 13.8 Å². The topological polar surface area (TPSA) is 22.8 Å².